The van der Waals surface area contributed by atoms with Gasteiger partial charge in [0.05, 0.1) is 6.54 Å². The molecular formula is C11H13N3O4. The van der Waals surface area contributed by atoms with Gasteiger partial charge >= 0.3 is 5.97 Å². The predicted octanol–water partition coefficient (Wildman–Crippen LogP) is -0.402. The zero-order valence-corrected chi connectivity index (χ0v) is 10.0. The Balaban J connectivity index is 2.70. The van der Waals surface area contributed by atoms with E-state index in [1.165, 1.54) is 17.2 Å². The predicted molar refractivity (Wildman–Crippen MR) is 62.2 cm³/mol. The second kappa shape index (κ2) is 5.76. The fourth-order valence-corrected chi connectivity index (χ4v) is 1.10. The molecule has 18 heavy (non-hydrogen) atoms. The van der Waals surface area contributed by atoms with Gasteiger partial charge in [-0.1, -0.05) is 0 Å². The van der Waals surface area contributed by atoms with Crippen LogP contribution in [0.4, 0.5) is 0 Å². The summed E-state index contributed by atoms with van der Waals surface area (Å²) in [4.78, 5) is 38.5. The number of carbonyl (C=O) groups is 3. The molecule has 1 rings (SSSR count). The molecule has 0 saturated heterocycles. The van der Waals surface area contributed by atoms with Gasteiger partial charge in [-0.3, -0.25) is 9.59 Å². The summed E-state index contributed by atoms with van der Waals surface area (Å²) in [5, 5.41) is 11.1. The number of aromatic carboxylic acids is 1. The van der Waals surface area contributed by atoms with E-state index in [2.05, 4.69) is 10.3 Å². The molecule has 0 atom stereocenters. The van der Waals surface area contributed by atoms with Crippen LogP contribution in [0.3, 0.4) is 0 Å². The van der Waals surface area contributed by atoms with Crippen molar-refractivity contribution in [3.8, 4) is 0 Å². The van der Waals surface area contributed by atoms with E-state index < -0.39 is 11.9 Å². The summed E-state index contributed by atoms with van der Waals surface area (Å²) in [6.07, 6.45) is 1.23. The molecule has 0 spiro atoms. The van der Waals surface area contributed by atoms with Crippen LogP contribution in [-0.4, -0.2) is 53.4 Å². The summed E-state index contributed by atoms with van der Waals surface area (Å²) in [6.45, 7) is -0.142. The van der Waals surface area contributed by atoms with Gasteiger partial charge in [-0.25, -0.2) is 9.78 Å². The first-order valence-corrected chi connectivity index (χ1v) is 5.09. The number of likely N-dealkylation sites (N-methyl/N-ethyl adjacent to an activating group) is 1. The Hall–Kier alpha value is -2.44. The largest absolute Gasteiger partial charge is 0.477 e. The van der Waals surface area contributed by atoms with Crippen molar-refractivity contribution in [1.82, 2.24) is 15.2 Å². The Morgan fingerprint density at radius 2 is 2.06 bits per heavy atom. The van der Waals surface area contributed by atoms with Crippen LogP contribution >= 0.6 is 0 Å². The SMILES string of the molecule is CN(C)C(=O)CNC(=O)c1ccnc(C(=O)O)c1. The number of nitrogens with one attached hydrogen (secondary N) is 1. The van der Waals surface area contributed by atoms with Gasteiger partial charge in [-0.05, 0) is 12.1 Å². The van der Waals surface area contributed by atoms with Crippen LogP contribution < -0.4 is 5.32 Å². The number of hydrogen-bond donors (Lipinski definition) is 2. The van der Waals surface area contributed by atoms with E-state index in [9.17, 15) is 14.4 Å². The molecule has 0 unspecified atom stereocenters. The lowest BCUT2D eigenvalue weighted by molar-refractivity contribution is -0.127. The molecule has 7 heteroatoms. The van der Waals surface area contributed by atoms with Gasteiger partial charge in [0.1, 0.15) is 5.69 Å². The number of aromatic nitrogens is 1. The van der Waals surface area contributed by atoms with Gasteiger partial charge in [0.2, 0.25) is 5.91 Å². The summed E-state index contributed by atoms with van der Waals surface area (Å²) in [5.74, 6) is -1.99. The lowest BCUT2D eigenvalue weighted by Crippen LogP contribution is -2.36. The first kappa shape index (κ1) is 13.6. The average molecular weight is 251 g/mol. The average Bonchev–Trinajstić information content (AvgIpc) is 2.35. The Morgan fingerprint density at radius 3 is 2.61 bits per heavy atom. The zero-order valence-electron chi connectivity index (χ0n) is 10.0. The highest BCUT2D eigenvalue weighted by Gasteiger charge is 2.12. The maximum Gasteiger partial charge on any atom is 0.354 e. The summed E-state index contributed by atoms with van der Waals surface area (Å²) < 4.78 is 0. The van der Waals surface area contributed by atoms with Crippen molar-refractivity contribution < 1.29 is 19.5 Å². The number of carbonyl (C=O) groups excluding carboxylic acids is 2. The van der Waals surface area contributed by atoms with Crippen LogP contribution in [0, 0.1) is 0 Å². The van der Waals surface area contributed by atoms with Crippen molar-refractivity contribution in [3.05, 3.63) is 29.6 Å². The summed E-state index contributed by atoms with van der Waals surface area (Å²) in [6, 6.07) is 2.53. The Kier molecular flexibility index (Phi) is 4.36. The topological polar surface area (TPSA) is 99.6 Å². The second-order valence-corrected chi connectivity index (χ2v) is 3.71. The fourth-order valence-electron chi connectivity index (χ4n) is 1.10. The van der Waals surface area contributed by atoms with Crippen molar-refractivity contribution in [1.29, 1.82) is 0 Å². The quantitative estimate of drug-likeness (QED) is 0.758. The number of pyridine rings is 1. The normalized spacial score (nSPS) is 9.67. The van der Waals surface area contributed by atoms with Gasteiger partial charge in [0.25, 0.3) is 5.91 Å². The van der Waals surface area contributed by atoms with Crippen molar-refractivity contribution in [2.75, 3.05) is 20.6 Å². The molecule has 1 aromatic rings. The van der Waals surface area contributed by atoms with E-state index >= 15 is 0 Å². The molecule has 7 nitrogen and oxygen atoms in total. The lowest BCUT2D eigenvalue weighted by Gasteiger charge is -2.10. The number of hydrogen-bond acceptors (Lipinski definition) is 4. The first-order chi connectivity index (χ1) is 8.41. The van der Waals surface area contributed by atoms with E-state index in [-0.39, 0.29) is 23.7 Å². The maximum absolute atomic E-state index is 11.6. The summed E-state index contributed by atoms with van der Waals surface area (Å²) in [5.41, 5.74) is -0.0736. The van der Waals surface area contributed by atoms with Crippen LogP contribution in [0.2, 0.25) is 0 Å². The van der Waals surface area contributed by atoms with Crippen molar-refractivity contribution in [2.45, 2.75) is 0 Å². The fraction of sp³-hybridized carbons (Fsp3) is 0.273. The molecule has 0 aliphatic carbocycles. The maximum atomic E-state index is 11.6. The van der Waals surface area contributed by atoms with Gasteiger partial charge in [0, 0.05) is 25.9 Å². The minimum Gasteiger partial charge on any atom is -0.477 e. The Labute approximate surface area is 103 Å². The molecule has 2 amide bonds. The zero-order chi connectivity index (χ0) is 13.7. The van der Waals surface area contributed by atoms with Crippen LogP contribution in [0.5, 0.6) is 0 Å². The van der Waals surface area contributed by atoms with E-state index in [0.29, 0.717) is 0 Å². The monoisotopic (exact) mass is 251 g/mol. The minimum atomic E-state index is -1.21. The second-order valence-electron chi connectivity index (χ2n) is 3.71. The highest BCUT2D eigenvalue weighted by molar-refractivity contribution is 5.98. The molecule has 0 aromatic carbocycles. The molecule has 1 heterocycles. The van der Waals surface area contributed by atoms with E-state index in [0.717, 1.165) is 6.07 Å². The van der Waals surface area contributed by atoms with Gasteiger partial charge in [0.15, 0.2) is 0 Å². The van der Waals surface area contributed by atoms with Crippen molar-refractivity contribution in [3.63, 3.8) is 0 Å². The van der Waals surface area contributed by atoms with E-state index in [4.69, 9.17) is 5.11 Å². The molecule has 0 aliphatic rings. The highest BCUT2D eigenvalue weighted by Crippen LogP contribution is 2.01. The third-order valence-corrected chi connectivity index (χ3v) is 2.14. The molecular weight excluding hydrogens is 238 g/mol. The summed E-state index contributed by atoms with van der Waals surface area (Å²) in [7, 11) is 3.15. The number of carboxylic acid groups (broad SMARTS) is 1. The van der Waals surface area contributed by atoms with E-state index in [1.54, 1.807) is 14.1 Å². The highest BCUT2D eigenvalue weighted by atomic mass is 16.4. The van der Waals surface area contributed by atoms with Crippen LogP contribution in [-0.2, 0) is 4.79 Å². The standard InChI is InChI=1S/C11H13N3O4/c1-14(2)9(15)6-13-10(16)7-3-4-12-8(5-7)11(17)18/h3-5H,6H2,1-2H3,(H,13,16)(H,17,18). The molecule has 0 fully saturated rings. The van der Waals surface area contributed by atoms with Crippen molar-refractivity contribution >= 4 is 17.8 Å². The summed E-state index contributed by atoms with van der Waals surface area (Å²) >= 11 is 0. The molecule has 2 N–H and O–H groups in total. The lowest BCUT2D eigenvalue weighted by atomic mass is 10.2. The van der Waals surface area contributed by atoms with Crippen LogP contribution in [0.1, 0.15) is 20.8 Å². The number of carboxylic acids is 1. The van der Waals surface area contributed by atoms with Gasteiger partial charge < -0.3 is 15.3 Å². The van der Waals surface area contributed by atoms with Crippen molar-refractivity contribution in [2.24, 2.45) is 0 Å². The van der Waals surface area contributed by atoms with Crippen LogP contribution in [0.25, 0.3) is 0 Å². The Morgan fingerprint density at radius 1 is 1.39 bits per heavy atom. The molecule has 96 valence electrons. The number of amides is 2. The third kappa shape index (κ3) is 3.55. The molecule has 0 aliphatic heterocycles. The minimum absolute atomic E-state index is 0.142. The van der Waals surface area contributed by atoms with Gasteiger partial charge in [-0.15, -0.1) is 0 Å². The number of rotatable bonds is 4. The van der Waals surface area contributed by atoms with Gasteiger partial charge in [-0.2, -0.15) is 0 Å². The molecule has 1 aromatic heterocycles. The number of nitrogens with zero attached hydrogens (tertiary/aromatic N) is 2. The molecule has 0 saturated carbocycles. The Bertz CT molecular complexity index is 485. The van der Waals surface area contributed by atoms with Crippen LogP contribution in [0.15, 0.2) is 18.3 Å². The smallest absolute Gasteiger partial charge is 0.354 e. The molecule has 0 bridgehead atoms. The van der Waals surface area contributed by atoms with E-state index in [1.807, 2.05) is 0 Å². The third-order valence-electron chi connectivity index (χ3n) is 2.14. The first-order valence-electron chi connectivity index (χ1n) is 5.09. The molecule has 0 radical (unpaired) electrons.